The standard InChI is InChI=1S/C14H20N2O/c1-3-10(2)14(17)16-9-5-6-11-12(15)7-4-8-13(11)16/h4,7-8,10H,3,5-6,9,15H2,1-2H3. The molecule has 92 valence electrons. The predicted octanol–water partition coefficient (Wildman–Crippen LogP) is 2.59. The minimum Gasteiger partial charge on any atom is -0.398 e. The Labute approximate surface area is 103 Å². The van der Waals surface area contributed by atoms with E-state index in [1.54, 1.807) is 0 Å². The molecule has 3 nitrogen and oxygen atoms in total. The number of fused-ring (bicyclic) bond motifs is 1. The van der Waals surface area contributed by atoms with Crippen molar-refractivity contribution in [2.45, 2.75) is 33.1 Å². The Kier molecular flexibility index (Phi) is 3.36. The fraction of sp³-hybridized carbons (Fsp3) is 0.500. The van der Waals surface area contributed by atoms with Gasteiger partial charge in [0, 0.05) is 23.8 Å². The largest absolute Gasteiger partial charge is 0.398 e. The van der Waals surface area contributed by atoms with Crippen molar-refractivity contribution in [3.05, 3.63) is 23.8 Å². The number of carbonyl (C=O) groups is 1. The lowest BCUT2D eigenvalue weighted by Crippen LogP contribution is -2.38. The van der Waals surface area contributed by atoms with E-state index in [9.17, 15) is 4.79 Å². The molecule has 2 rings (SSSR count). The van der Waals surface area contributed by atoms with Gasteiger partial charge in [-0.1, -0.05) is 19.9 Å². The number of hydrogen-bond acceptors (Lipinski definition) is 2. The minimum absolute atomic E-state index is 0.0855. The molecule has 0 saturated heterocycles. The van der Waals surface area contributed by atoms with Crippen LogP contribution in [0, 0.1) is 5.92 Å². The Morgan fingerprint density at radius 2 is 2.29 bits per heavy atom. The summed E-state index contributed by atoms with van der Waals surface area (Å²) in [7, 11) is 0. The van der Waals surface area contributed by atoms with Crippen LogP contribution >= 0.6 is 0 Å². The number of carbonyl (C=O) groups excluding carboxylic acids is 1. The Balaban J connectivity index is 2.35. The summed E-state index contributed by atoms with van der Waals surface area (Å²) >= 11 is 0. The molecule has 1 aromatic carbocycles. The van der Waals surface area contributed by atoms with Gasteiger partial charge in [0.1, 0.15) is 0 Å². The first-order chi connectivity index (χ1) is 8.15. The van der Waals surface area contributed by atoms with E-state index < -0.39 is 0 Å². The third kappa shape index (κ3) is 2.14. The Morgan fingerprint density at radius 1 is 1.53 bits per heavy atom. The molecule has 0 fully saturated rings. The molecule has 0 bridgehead atoms. The molecule has 1 aromatic rings. The van der Waals surface area contributed by atoms with Gasteiger partial charge in [-0.05, 0) is 37.0 Å². The van der Waals surface area contributed by atoms with E-state index in [0.717, 1.165) is 42.7 Å². The van der Waals surface area contributed by atoms with Crippen LogP contribution in [0.4, 0.5) is 11.4 Å². The van der Waals surface area contributed by atoms with Gasteiger partial charge in [0.2, 0.25) is 5.91 Å². The fourth-order valence-corrected chi connectivity index (χ4v) is 2.32. The van der Waals surface area contributed by atoms with Gasteiger partial charge in [-0.25, -0.2) is 0 Å². The second-order valence-electron chi connectivity index (χ2n) is 4.75. The van der Waals surface area contributed by atoms with Crippen LogP contribution in [0.25, 0.3) is 0 Å². The number of amides is 1. The van der Waals surface area contributed by atoms with Crippen LogP contribution in [0.3, 0.4) is 0 Å². The number of hydrogen-bond donors (Lipinski definition) is 1. The summed E-state index contributed by atoms with van der Waals surface area (Å²) in [5.41, 5.74) is 8.93. The van der Waals surface area contributed by atoms with Gasteiger partial charge >= 0.3 is 0 Å². The van der Waals surface area contributed by atoms with E-state index in [-0.39, 0.29) is 11.8 Å². The van der Waals surface area contributed by atoms with Crippen LogP contribution in [0.15, 0.2) is 18.2 Å². The van der Waals surface area contributed by atoms with Crippen molar-refractivity contribution in [3.8, 4) is 0 Å². The monoisotopic (exact) mass is 232 g/mol. The van der Waals surface area contributed by atoms with Gasteiger partial charge in [0.05, 0.1) is 0 Å². The molecule has 0 aromatic heterocycles. The second kappa shape index (κ2) is 4.78. The van der Waals surface area contributed by atoms with Crippen LogP contribution in [0.5, 0.6) is 0 Å². The Hall–Kier alpha value is -1.51. The van der Waals surface area contributed by atoms with Crippen molar-refractivity contribution < 1.29 is 4.79 Å². The summed E-state index contributed by atoms with van der Waals surface area (Å²) in [6.07, 6.45) is 2.86. The molecule has 1 aliphatic rings. The van der Waals surface area contributed by atoms with Gasteiger partial charge in [-0.2, -0.15) is 0 Å². The highest BCUT2D eigenvalue weighted by Crippen LogP contribution is 2.32. The second-order valence-corrected chi connectivity index (χ2v) is 4.75. The van der Waals surface area contributed by atoms with E-state index in [1.807, 2.05) is 36.9 Å². The summed E-state index contributed by atoms with van der Waals surface area (Å²) in [4.78, 5) is 14.2. The van der Waals surface area contributed by atoms with Crippen molar-refractivity contribution in [1.82, 2.24) is 0 Å². The van der Waals surface area contributed by atoms with Crippen LogP contribution < -0.4 is 10.6 Å². The molecule has 0 radical (unpaired) electrons. The number of nitrogens with two attached hydrogens (primary N) is 1. The third-order valence-corrected chi connectivity index (χ3v) is 3.59. The van der Waals surface area contributed by atoms with Gasteiger partial charge < -0.3 is 10.6 Å². The van der Waals surface area contributed by atoms with Gasteiger partial charge in [0.15, 0.2) is 0 Å². The quantitative estimate of drug-likeness (QED) is 0.797. The number of nitrogen functional groups attached to an aromatic ring is 1. The Bertz CT molecular complexity index is 428. The molecule has 0 spiro atoms. The topological polar surface area (TPSA) is 46.3 Å². The minimum atomic E-state index is 0.0855. The molecule has 1 aliphatic heterocycles. The molecule has 17 heavy (non-hydrogen) atoms. The summed E-state index contributed by atoms with van der Waals surface area (Å²) < 4.78 is 0. The zero-order valence-corrected chi connectivity index (χ0v) is 10.6. The lowest BCUT2D eigenvalue weighted by molar-refractivity contribution is -0.122. The first kappa shape index (κ1) is 12.0. The normalized spacial score (nSPS) is 16.5. The van der Waals surface area contributed by atoms with Crippen LogP contribution in [-0.4, -0.2) is 12.5 Å². The maximum absolute atomic E-state index is 12.3. The highest BCUT2D eigenvalue weighted by Gasteiger charge is 2.26. The highest BCUT2D eigenvalue weighted by molar-refractivity contribution is 5.96. The maximum Gasteiger partial charge on any atom is 0.229 e. The summed E-state index contributed by atoms with van der Waals surface area (Å²) in [6, 6.07) is 5.84. The first-order valence-corrected chi connectivity index (χ1v) is 6.34. The molecule has 0 saturated carbocycles. The molecule has 1 heterocycles. The van der Waals surface area contributed by atoms with Crippen molar-refractivity contribution in [2.75, 3.05) is 17.2 Å². The summed E-state index contributed by atoms with van der Waals surface area (Å²) in [6.45, 7) is 4.86. The number of anilines is 2. The number of benzene rings is 1. The SMILES string of the molecule is CCC(C)C(=O)N1CCCc2c(N)cccc21. The van der Waals surface area contributed by atoms with Crippen molar-refractivity contribution >= 4 is 17.3 Å². The van der Waals surface area contributed by atoms with E-state index in [0.29, 0.717) is 0 Å². The smallest absolute Gasteiger partial charge is 0.229 e. The summed E-state index contributed by atoms with van der Waals surface area (Å²) in [5.74, 6) is 0.307. The fourth-order valence-electron chi connectivity index (χ4n) is 2.32. The zero-order chi connectivity index (χ0) is 12.4. The lowest BCUT2D eigenvalue weighted by Gasteiger charge is -2.32. The predicted molar refractivity (Wildman–Crippen MR) is 71.0 cm³/mol. The van der Waals surface area contributed by atoms with Crippen molar-refractivity contribution in [1.29, 1.82) is 0 Å². The molecule has 1 amide bonds. The first-order valence-electron chi connectivity index (χ1n) is 6.34. The van der Waals surface area contributed by atoms with E-state index >= 15 is 0 Å². The third-order valence-electron chi connectivity index (χ3n) is 3.59. The van der Waals surface area contributed by atoms with Crippen molar-refractivity contribution in [3.63, 3.8) is 0 Å². The van der Waals surface area contributed by atoms with Crippen LogP contribution in [0.1, 0.15) is 32.3 Å². The van der Waals surface area contributed by atoms with E-state index in [2.05, 4.69) is 0 Å². The summed E-state index contributed by atoms with van der Waals surface area (Å²) in [5, 5.41) is 0. The van der Waals surface area contributed by atoms with Crippen molar-refractivity contribution in [2.24, 2.45) is 5.92 Å². The van der Waals surface area contributed by atoms with E-state index in [1.165, 1.54) is 0 Å². The van der Waals surface area contributed by atoms with E-state index in [4.69, 9.17) is 5.73 Å². The molecular weight excluding hydrogens is 212 g/mol. The highest BCUT2D eigenvalue weighted by atomic mass is 16.2. The zero-order valence-electron chi connectivity index (χ0n) is 10.6. The van der Waals surface area contributed by atoms with Crippen LogP contribution in [0.2, 0.25) is 0 Å². The molecule has 0 aliphatic carbocycles. The average Bonchev–Trinajstić information content (AvgIpc) is 2.37. The molecular formula is C14H20N2O. The Morgan fingerprint density at radius 3 is 3.00 bits per heavy atom. The van der Waals surface area contributed by atoms with Gasteiger partial charge in [-0.3, -0.25) is 4.79 Å². The maximum atomic E-state index is 12.3. The number of nitrogens with zero attached hydrogens (tertiary/aromatic N) is 1. The number of rotatable bonds is 2. The van der Waals surface area contributed by atoms with Crippen LogP contribution in [-0.2, 0) is 11.2 Å². The molecule has 1 unspecified atom stereocenters. The molecule has 1 atom stereocenters. The van der Waals surface area contributed by atoms with Gasteiger partial charge in [-0.15, -0.1) is 0 Å². The van der Waals surface area contributed by atoms with Gasteiger partial charge in [0.25, 0.3) is 0 Å². The molecule has 3 heteroatoms. The molecule has 2 N–H and O–H groups in total. The average molecular weight is 232 g/mol. The lowest BCUT2D eigenvalue weighted by atomic mass is 9.98.